The van der Waals surface area contributed by atoms with Crippen LogP contribution in [0.25, 0.3) is 0 Å². The largest absolute Gasteiger partial charge is 0.107 e. The van der Waals surface area contributed by atoms with Crippen molar-refractivity contribution in [3.8, 4) is 0 Å². The second-order valence-electron chi connectivity index (χ2n) is 0. The molecule has 0 aromatic heterocycles. The van der Waals surface area contributed by atoms with Crippen LogP contribution < -0.4 is 0 Å². The SMILES string of the molecule is I.I.I.I.[Ga]. The fourth-order valence-electron chi connectivity index (χ4n) is 0. The third-order valence-electron chi connectivity index (χ3n) is 0. The van der Waals surface area contributed by atoms with E-state index < -0.39 is 0 Å². The second-order valence-corrected chi connectivity index (χ2v) is 0. The first kappa shape index (κ1) is 38.6. The molecule has 0 N–H and O–H groups in total. The summed E-state index contributed by atoms with van der Waals surface area (Å²) >= 11 is 0. The van der Waals surface area contributed by atoms with Gasteiger partial charge in [-0.05, 0) is 0 Å². The predicted molar refractivity (Wildman–Crippen MR) is 67.4 cm³/mol. The molecule has 0 amide bonds. The van der Waals surface area contributed by atoms with Crippen molar-refractivity contribution < 1.29 is 0 Å². The first-order valence-corrected chi connectivity index (χ1v) is 0. The van der Waals surface area contributed by atoms with Gasteiger partial charge in [0.2, 0.25) is 0 Å². The quantitative estimate of drug-likeness (QED) is 0.304. The topological polar surface area (TPSA) is 0 Å². The van der Waals surface area contributed by atoms with Gasteiger partial charge in [-0.15, -0.1) is 95.9 Å². The summed E-state index contributed by atoms with van der Waals surface area (Å²) in [5.74, 6) is 0. The summed E-state index contributed by atoms with van der Waals surface area (Å²) in [5.41, 5.74) is 0. The van der Waals surface area contributed by atoms with Gasteiger partial charge in [-0.3, -0.25) is 0 Å². The van der Waals surface area contributed by atoms with E-state index in [1.165, 1.54) is 0 Å². The van der Waals surface area contributed by atoms with Gasteiger partial charge in [0, 0.05) is 19.8 Å². The van der Waals surface area contributed by atoms with E-state index in [-0.39, 0.29) is 116 Å². The molecule has 0 aliphatic rings. The van der Waals surface area contributed by atoms with E-state index in [9.17, 15) is 0 Å². The van der Waals surface area contributed by atoms with E-state index in [1.807, 2.05) is 0 Å². The van der Waals surface area contributed by atoms with Crippen molar-refractivity contribution in [3.63, 3.8) is 0 Å². The molecule has 0 rings (SSSR count). The van der Waals surface area contributed by atoms with Gasteiger partial charge < -0.3 is 0 Å². The molecular weight excluding hydrogens is 577 g/mol. The Kier molecular flexibility index (Phi) is 198. The van der Waals surface area contributed by atoms with Crippen LogP contribution in [-0.2, 0) is 0 Å². The maximum atomic E-state index is 0. The Morgan fingerprint density at radius 2 is 0.400 bits per heavy atom. The van der Waals surface area contributed by atoms with E-state index in [4.69, 9.17) is 0 Å². The Balaban J connectivity index is 0. The molecular formula is H4GaI4. The second kappa shape index (κ2) is 25.7. The molecule has 0 aliphatic heterocycles. The summed E-state index contributed by atoms with van der Waals surface area (Å²) in [7, 11) is 0. The zero-order valence-electron chi connectivity index (χ0n) is 2.21. The molecule has 0 atom stereocenters. The third kappa shape index (κ3) is 18.4. The van der Waals surface area contributed by atoms with Gasteiger partial charge in [0.1, 0.15) is 0 Å². The van der Waals surface area contributed by atoms with Crippen molar-refractivity contribution in [2.75, 3.05) is 0 Å². The zero-order valence-corrected chi connectivity index (χ0v) is 14.0. The molecule has 35 valence electrons. The molecule has 5 heteroatoms. The number of hydrogen-bond acceptors (Lipinski definition) is 0. The van der Waals surface area contributed by atoms with Gasteiger partial charge in [0.25, 0.3) is 0 Å². The fourth-order valence-corrected chi connectivity index (χ4v) is 0. The average Bonchev–Trinajstić information content (AvgIpc) is 0. The van der Waals surface area contributed by atoms with Crippen LogP contribution in [0.4, 0.5) is 0 Å². The molecule has 0 aromatic rings. The van der Waals surface area contributed by atoms with Crippen LogP contribution >= 0.6 is 95.9 Å². The standard InChI is InChI=1S/Ga.4HI/h;4*1H. The summed E-state index contributed by atoms with van der Waals surface area (Å²) in [4.78, 5) is 0. The van der Waals surface area contributed by atoms with Crippen LogP contribution in [-0.4, -0.2) is 19.8 Å². The van der Waals surface area contributed by atoms with Crippen molar-refractivity contribution in [2.24, 2.45) is 0 Å². The predicted octanol–water partition coefficient (Wildman–Crippen LogP) is 2.09. The minimum atomic E-state index is 0. The van der Waals surface area contributed by atoms with Gasteiger partial charge in [-0.2, -0.15) is 0 Å². The van der Waals surface area contributed by atoms with Crippen molar-refractivity contribution in [2.45, 2.75) is 0 Å². The minimum Gasteiger partial charge on any atom is -0.107 e. The van der Waals surface area contributed by atoms with Gasteiger partial charge in [0.05, 0.1) is 0 Å². The molecule has 5 heavy (non-hydrogen) atoms. The normalized spacial score (nSPS) is 0. The molecule has 0 heterocycles. The van der Waals surface area contributed by atoms with Gasteiger partial charge in [-0.1, -0.05) is 0 Å². The Labute approximate surface area is 113 Å². The first-order valence-electron chi connectivity index (χ1n) is 0. The average molecular weight is 581 g/mol. The van der Waals surface area contributed by atoms with E-state index in [0.29, 0.717) is 0 Å². The van der Waals surface area contributed by atoms with Crippen LogP contribution in [0, 0.1) is 0 Å². The summed E-state index contributed by atoms with van der Waals surface area (Å²) in [6, 6.07) is 0. The smallest absolute Gasteiger partial charge is 0 e. The van der Waals surface area contributed by atoms with Crippen LogP contribution in [0.15, 0.2) is 0 Å². The van der Waals surface area contributed by atoms with E-state index in [2.05, 4.69) is 0 Å². The summed E-state index contributed by atoms with van der Waals surface area (Å²) in [6.45, 7) is 0. The molecule has 0 aromatic carbocycles. The van der Waals surface area contributed by atoms with Crippen molar-refractivity contribution in [1.29, 1.82) is 0 Å². The van der Waals surface area contributed by atoms with Crippen LogP contribution in [0.1, 0.15) is 0 Å². The molecule has 0 fully saturated rings. The van der Waals surface area contributed by atoms with Gasteiger partial charge >= 0.3 is 0 Å². The summed E-state index contributed by atoms with van der Waals surface area (Å²) in [5, 5.41) is 0. The molecule has 0 unspecified atom stereocenters. The van der Waals surface area contributed by atoms with Gasteiger partial charge in [0.15, 0.2) is 0 Å². The summed E-state index contributed by atoms with van der Waals surface area (Å²) in [6.07, 6.45) is 0. The van der Waals surface area contributed by atoms with Crippen molar-refractivity contribution >= 4 is 116 Å². The number of rotatable bonds is 0. The Morgan fingerprint density at radius 3 is 0.400 bits per heavy atom. The molecule has 0 nitrogen and oxygen atoms in total. The van der Waals surface area contributed by atoms with Gasteiger partial charge in [-0.25, -0.2) is 0 Å². The molecule has 0 aliphatic carbocycles. The number of halogens is 4. The molecule has 3 radical (unpaired) electrons. The maximum Gasteiger partial charge on any atom is 0 e. The van der Waals surface area contributed by atoms with E-state index in [1.54, 1.807) is 0 Å². The molecule has 0 saturated carbocycles. The van der Waals surface area contributed by atoms with E-state index in [0.717, 1.165) is 0 Å². The third-order valence-corrected chi connectivity index (χ3v) is 0. The number of hydrogen-bond donors (Lipinski definition) is 0. The summed E-state index contributed by atoms with van der Waals surface area (Å²) < 4.78 is 0. The molecule has 0 bridgehead atoms. The Hall–Kier alpha value is 3.56. The Bertz CT molecular complexity index is 3.61. The minimum absolute atomic E-state index is 0. The zero-order chi connectivity index (χ0) is 0. The Morgan fingerprint density at radius 1 is 0.400 bits per heavy atom. The van der Waals surface area contributed by atoms with Crippen LogP contribution in [0.2, 0.25) is 0 Å². The molecule has 0 saturated heterocycles. The van der Waals surface area contributed by atoms with Crippen molar-refractivity contribution in [3.05, 3.63) is 0 Å². The van der Waals surface area contributed by atoms with Crippen molar-refractivity contribution in [1.82, 2.24) is 0 Å². The fraction of sp³-hybridized carbons (Fsp3) is 0. The monoisotopic (exact) mass is 581 g/mol. The molecule has 0 spiro atoms. The van der Waals surface area contributed by atoms with Crippen LogP contribution in [0.3, 0.4) is 0 Å². The maximum absolute atomic E-state index is 0. The van der Waals surface area contributed by atoms with E-state index >= 15 is 0 Å². The van der Waals surface area contributed by atoms with Crippen LogP contribution in [0.5, 0.6) is 0 Å². The first-order chi connectivity index (χ1) is 0.